The standard InChI is InChI=1S/C17H32O9S/c18-11-9-7-5-3-1-2-4-6-8-10-14-16(26-27(22,23)24)13(19)12-15(25-14)17(20)21/h13-16,18-19H,1-12H2,(H,20,21)(H,22,23,24)/p-2/t13-,14+,15?,16?/m1/s1. The van der Waals surface area contributed by atoms with Crippen molar-refractivity contribution in [2.24, 2.45) is 0 Å². The van der Waals surface area contributed by atoms with E-state index in [-0.39, 0.29) is 13.0 Å². The summed E-state index contributed by atoms with van der Waals surface area (Å²) in [6.07, 6.45) is 3.31. The van der Waals surface area contributed by atoms with E-state index in [0.717, 1.165) is 51.4 Å². The van der Waals surface area contributed by atoms with Crippen molar-refractivity contribution in [3.05, 3.63) is 0 Å². The quantitative estimate of drug-likeness (QED) is 0.228. The van der Waals surface area contributed by atoms with E-state index >= 15 is 0 Å². The summed E-state index contributed by atoms with van der Waals surface area (Å²) in [4.78, 5) is 11.0. The fourth-order valence-corrected chi connectivity index (χ4v) is 3.81. The Kier molecular flexibility index (Phi) is 11.4. The molecule has 0 aromatic rings. The zero-order chi connectivity index (χ0) is 20.3. The molecule has 9 nitrogen and oxygen atoms in total. The normalized spacial score (nSPS) is 26.2. The van der Waals surface area contributed by atoms with Crippen molar-refractivity contribution >= 4 is 16.4 Å². The first kappa shape index (κ1) is 24.3. The first-order valence-electron chi connectivity index (χ1n) is 9.54. The molecule has 0 spiro atoms. The fourth-order valence-electron chi connectivity index (χ4n) is 3.29. The number of hydrogen-bond acceptors (Lipinski definition) is 9. The maximum atomic E-state index is 11.0. The molecule has 1 saturated heterocycles. The smallest absolute Gasteiger partial charge is 0.218 e. The highest BCUT2D eigenvalue weighted by atomic mass is 32.3. The average Bonchev–Trinajstić information content (AvgIpc) is 2.57. The van der Waals surface area contributed by atoms with Gasteiger partial charge in [-0.15, -0.1) is 0 Å². The van der Waals surface area contributed by atoms with E-state index in [1.165, 1.54) is 0 Å². The molecule has 1 heterocycles. The van der Waals surface area contributed by atoms with Crippen LogP contribution in [0.1, 0.15) is 70.6 Å². The van der Waals surface area contributed by atoms with Crippen LogP contribution < -0.4 is 5.11 Å². The molecule has 2 unspecified atom stereocenters. The molecule has 0 bridgehead atoms. The summed E-state index contributed by atoms with van der Waals surface area (Å²) >= 11 is 0. The minimum Gasteiger partial charge on any atom is -0.726 e. The molecular weight excluding hydrogens is 380 g/mol. The lowest BCUT2D eigenvalue weighted by Gasteiger charge is -2.40. The van der Waals surface area contributed by atoms with Crippen molar-refractivity contribution in [2.75, 3.05) is 6.61 Å². The fraction of sp³-hybridized carbons (Fsp3) is 0.941. The van der Waals surface area contributed by atoms with Gasteiger partial charge in [0.15, 0.2) is 0 Å². The molecule has 0 saturated carbocycles. The van der Waals surface area contributed by atoms with Gasteiger partial charge in [0.1, 0.15) is 6.10 Å². The van der Waals surface area contributed by atoms with Gasteiger partial charge in [-0.2, -0.15) is 0 Å². The lowest BCUT2D eigenvalue weighted by Crippen LogP contribution is -2.54. The van der Waals surface area contributed by atoms with Crippen molar-refractivity contribution in [1.82, 2.24) is 0 Å². The summed E-state index contributed by atoms with van der Waals surface area (Å²) in [5.74, 6) is -1.50. The second-order valence-corrected chi connectivity index (χ2v) is 7.96. The van der Waals surface area contributed by atoms with Gasteiger partial charge in [-0.05, 0) is 12.8 Å². The highest BCUT2D eigenvalue weighted by molar-refractivity contribution is 7.80. The molecular formula is C17H30O9S-2. The number of rotatable bonds is 14. The number of aliphatic hydroxyl groups excluding tert-OH is 2. The molecule has 2 N–H and O–H groups in total. The van der Waals surface area contributed by atoms with Gasteiger partial charge in [-0.1, -0.05) is 51.4 Å². The monoisotopic (exact) mass is 410 g/mol. The van der Waals surface area contributed by atoms with Crippen molar-refractivity contribution in [1.29, 1.82) is 0 Å². The molecule has 1 rings (SSSR count). The van der Waals surface area contributed by atoms with Gasteiger partial charge in [-0.3, -0.25) is 4.18 Å². The zero-order valence-corrected chi connectivity index (χ0v) is 16.3. The van der Waals surface area contributed by atoms with Crippen LogP contribution in [0.3, 0.4) is 0 Å². The predicted molar refractivity (Wildman–Crippen MR) is 92.1 cm³/mol. The Labute approximate surface area is 160 Å². The van der Waals surface area contributed by atoms with Crippen molar-refractivity contribution in [3.63, 3.8) is 0 Å². The van der Waals surface area contributed by atoms with Gasteiger partial charge in [0.05, 0.1) is 24.3 Å². The number of aliphatic carboxylic acids is 1. The number of carboxylic acid groups (broad SMARTS) is 1. The minimum atomic E-state index is -5.05. The summed E-state index contributed by atoms with van der Waals surface area (Å²) < 4.78 is 42.3. The molecule has 160 valence electrons. The highest BCUT2D eigenvalue weighted by Crippen LogP contribution is 2.27. The molecule has 0 aromatic heterocycles. The molecule has 0 aromatic carbocycles. The maximum Gasteiger partial charge on any atom is 0.218 e. The van der Waals surface area contributed by atoms with Gasteiger partial charge < -0.3 is 29.4 Å². The molecule has 0 radical (unpaired) electrons. The van der Waals surface area contributed by atoms with E-state index in [1.807, 2.05) is 0 Å². The Morgan fingerprint density at radius 1 is 1.04 bits per heavy atom. The third-order valence-corrected chi connectivity index (χ3v) is 5.14. The van der Waals surface area contributed by atoms with E-state index < -0.39 is 47.2 Å². The molecule has 1 aliphatic heterocycles. The Morgan fingerprint density at radius 2 is 1.56 bits per heavy atom. The number of carboxylic acids is 1. The Hall–Kier alpha value is -0.780. The summed E-state index contributed by atoms with van der Waals surface area (Å²) in [6.45, 7) is 0.231. The van der Waals surface area contributed by atoms with Crippen LogP contribution in [0.2, 0.25) is 0 Å². The molecule has 4 atom stereocenters. The molecule has 0 aliphatic carbocycles. The predicted octanol–water partition coefficient (Wildman–Crippen LogP) is -0.00660. The van der Waals surface area contributed by atoms with Gasteiger partial charge in [0.2, 0.25) is 10.4 Å². The second kappa shape index (κ2) is 12.6. The van der Waals surface area contributed by atoms with E-state index in [0.29, 0.717) is 6.42 Å². The molecule has 27 heavy (non-hydrogen) atoms. The van der Waals surface area contributed by atoms with Crippen molar-refractivity contribution in [3.8, 4) is 0 Å². The van der Waals surface area contributed by atoms with Gasteiger partial charge in [0, 0.05) is 13.0 Å². The Morgan fingerprint density at radius 3 is 2.04 bits per heavy atom. The van der Waals surface area contributed by atoms with Gasteiger partial charge >= 0.3 is 0 Å². The Balaban J connectivity index is 2.35. The maximum absolute atomic E-state index is 11.0. The number of hydrogen-bond donors (Lipinski definition) is 2. The number of carbonyl (C=O) groups excluding carboxylic acids is 1. The molecule has 1 fully saturated rings. The van der Waals surface area contributed by atoms with Crippen LogP contribution in [-0.2, 0) is 24.1 Å². The molecule has 1 aliphatic rings. The van der Waals surface area contributed by atoms with Crippen LogP contribution in [0.25, 0.3) is 0 Å². The van der Waals surface area contributed by atoms with Crippen LogP contribution >= 0.6 is 0 Å². The SMILES string of the molecule is O=C([O-])C1C[C@@H](O)C(OS(=O)(=O)[O-])[C@H](CCCCCCCCCCCO)O1. The van der Waals surface area contributed by atoms with Crippen LogP contribution in [0, 0.1) is 0 Å². The summed E-state index contributed by atoms with van der Waals surface area (Å²) in [5.41, 5.74) is 0. The zero-order valence-electron chi connectivity index (χ0n) is 15.5. The van der Waals surface area contributed by atoms with E-state index in [9.17, 15) is 28.0 Å². The van der Waals surface area contributed by atoms with E-state index in [1.54, 1.807) is 0 Å². The largest absolute Gasteiger partial charge is 0.726 e. The lowest BCUT2D eigenvalue weighted by molar-refractivity contribution is -0.324. The van der Waals surface area contributed by atoms with Crippen LogP contribution in [0.4, 0.5) is 0 Å². The van der Waals surface area contributed by atoms with E-state index in [4.69, 9.17) is 9.84 Å². The van der Waals surface area contributed by atoms with E-state index in [2.05, 4.69) is 4.18 Å². The summed E-state index contributed by atoms with van der Waals surface area (Å²) in [5, 5.41) is 29.7. The minimum absolute atomic E-state index is 0.231. The number of carbonyl (C=O) groups is 1. The van der Waals surface area contributed by atoms with Crippen molar-refractivity contribution < 1.29 is 42.0 Å². The lowest BCUT2D eigenvalue weighted by atomic mass is 9.94. The third kappa shape index (κ3) is 10.4. The molecule has 0 amide bonds. The molecule has 10 heteroatoms. The topological polar surface area (TPSA) is 156 Å². The second-order valence-electron chi connectivity index (χ2n) is 6.95. The van der Waals surface area contributed by atoms with Gasteiger partial charge in [0.25, 0.3) is 0 Å². The van der Waals surface area contributed by atoms with Crippen LogP contribution in [-0.4, -0.2) is 60.2 Å². The van der Waals surface area contributed by atoms with Crippen LogP contribution in [0.15, 0.2) is 0 Å². The van der Waals surface area contributed by atoms with Gasteiger partial charge in [-0.25, -0.2) is 8.42 Å². The number of aliphatic hydroxyl groups is 2. The highest BCUT2D eigenvalue weighted by Gasteiger charge is 2.40. The third-order valence-electron chi connectivity index (χ3n) is 4.68. The number of unbranched alkanes of at least 4 members (excludes halogenated alkanes) is 8. The summed E-state index contributed by atoms with van der Waals surface area (Å²) in [7, 11) is -5.05. The Bertz CT molecular complexity index is 522. The number of ether oxygens (including phenoxy) is 1. The van der Waals surface area contributed by atoms with Crippen molar-refractivity contribution in [2.45, 2.75) is 95.0 Å². The first-order chi connectivity index (χ1) is 12.7. The van der Waals surface area contributed by atoms with Crippen LogP contribution in [0.5, 0.6) is 0 Å². The summed E-state index contributed by atoms with van der Waals surface area (Å²) in [6, 6.07) is 0. The average molecular weight is 410 g/mol. The first-order valence-corrected chi connectivity index (χ1v) is 10.9.